The van der Waals surface area contributed by atoms with Crippen LogP contribution in [0.1, 0.15) is 33.1 Å². The van der Waals surface area contributed by atoms with E-state index < -0.39 is 18.0 Å². The van der Waals surface area contributed by atoms with Gasteiger partial charge in [0, 0.05) is 42.1 Å². The first-order valence-electron chi connectivity index (χ1n) is 9.35. The molecule has 3 rings (SSSR count). The lowest BCUT2D eigenvalue weighted by molar-refractivity contribution is -0.163. The summed E-state index contributed by atoms with van der Waals surface area (Å²) in [6.45, 7) is 4.25. The summed E-state index contributed by atoms with van der Waals surface area (Å²) in [5, 5.41) is 25.8. The number of hydrogen-bond acceptors (Lipinski definition) is 6. The van der Waals surface area contributed by atoms with Gasteiger partial charge in [0.15, 0.2) is 0 Å². The standard InChI is InChI=1S/C18H27N3O5S/c1-8-14-13(9(2)22)17(24)21(14)15(18(25)26)16(8)27-11-6-10(20-7-11)4-5-12(23)19-3/h8-11,13-14,20,22H,4-7H2,1-3H3,(H,19,23)(H,25,26)/t8-,9-,10-,11+,13-,14-/m1/s1. The maximum absolute atomic E-state index is 12.4. The van der Waals surface area contributed by atoms with Crippen molar-refractivity contribution in [3.05, 3.63) is 10.6 Å². The van der Waals surface area contributed by atoms with Gasteiger partial charge in [-0.2, -0.15) is 0 Å². The van der Waals surface area contributed by atoms with Crippen LogP contribution in [0.2, 0.25) is 0 Å². The highest BCUT2D eigenvalue weighted by Crippen LogP contribution is 2.51. The fourth-order valence-electron chi connectivity index (χ4n) is 4.38. The molecule has 27 heavy (non-hydrogen) atoms. The Kier molecular flexibility index (Phi) is 5.83. The number of hydrogen-bond donors (Lipinski definition) is 4. The van der Waals surface area contributed by atoms with E-state index in [0.29, 0.717) is 6.42 Å². The molecule has 0 unspecified atom stereocenters. The molecular formula is C18H27N3O5S. The summed E-state index contributed by atoms with van der Waals surface area (Å²) in [7, 11) is 1.62. The Morgan fingerprint density at radius 2 is 2.15 bits per heavy atom. The van der Waals surface area contributed by atoms with Crippen molar-refractivity contribution in [2.24, 2.45) is 11.8 Å². The number of thioether (sulfide) groups is 1. The number of carboxylic acid groups (broad SMARTS) is 1. The Balaban J connectivity index is 1.68. The maximum Gasteiger partial charge on any atom is 0.353 e. The van der Waals surface area contributed by atoms with Gasteiger partial charge in [-0.25, -0.2) is 4.79 Å². The smallest absolute Gasteiger partial charge is 0.353 e. The lowest BCUT2D eigenvalue weighted by Crippen LogP contribution is -2.63. The summed E-state index contributed by atoms with van der Waals surface area (Å²) in [6, 6.07) is -0.0428. The molecule has 0 aromatic carbocycles. The van der Waals surface area contributed by atoms with Crippen LogP contribution in [0.25, 0.3) is 0 Å². The van der Waals surface area contributed by atoms with Gasteiger partial charge in [0.1, 0.15) is 5.70 Å². The first-order chi connectivity index (χ1) is 12.8. The third-order valence-corrected chi connectivity index (χ3v) is 7.30. The predicted octanol–water partition coefficient (Wildman–Crippen LogP) is 0.130. The molecule has 2 saturated heterocycles. The van der Waals surface area contributed by atoms with Gasteiger partial charge in [-0.05, 0) is 19.8 Å². The van der Waals surface area contributed by atoms with E-state index in [1.807, 2.05) is 6.92 Å². The molecule has 150 valence electrons. The van der Waals surface area contributed by atoms with Gasteiger partial charge in [0.2, 0.25) is 11.8 Å². The molecule has 0 spiro atoms. The first-order valence-corrected chi connectivity index (χ1v) is 10.2. The molecule has 6 atom stereocenters. The van der Waals surface area contributed by atoms with Crippen molar-refractivity contribution in [2.45, 2.75) is 56.5 Å². The van der Waals surface area contributed by atoms with Gasteiger partial charge in [-0.1, -0.05) is 6.92 Å². The number of nitrogens with zero attached hydrogens (tertiary/aromatic N) is 1. The van der Waals surface area contributed by atoms with Gasteiger partial charge >= 0.3 is 5.97 Å². The SMILES string of the molecule is CNC(=O)CC[C@@H]1C[C@H](SC2=C(C(=O)O)N3C(=O)[C@H]([C@@H](C)O)[C@H]3[C@H]2C)CN1. The summed E-state index contributed by atoms with van der Waals surface area (Å²) < 4.78 is 0. The van der Waals surface area contributed by atoms with Crippen LogP contribution < -0.4 is 10.6 Å². The van der Waals surface area contributed by atoms with Gasteiger partial charge in [0.25, 0.3) is 0 Å². The van der Waals surface area contributed by atoms with Crippen LogP contribution in [-0.4, -0.2) is 69.9 Å². The summed E-state index contributed by atoms with van der Waals surface area (Å²) in [5.41, 5.74) is 0.0770. The fourth-order valence-corrected chi connectivity index (χ4v) is 5.90. The second-order valence-corrected chi connectivity index (χ2v) is 8.91. The van der Waals surface area contributed by atoms with E-state index >= 15 is 0 Å². The van der Waals surface area contributed by atoms with Crippen LogP contribution in [0.15, 0.2) is 10.6 Å². The summed E-state index contributed by atoms with van der Waals surface area (Å²) in [6.07, 6.45) is 1.27. The highest BCUT2D eigenvalue weighted by Gasteiger charge is 2.60. The third-order valence-electron chi connectivity index (χ3n) is 5.79. The lowest BCUT2D eigenvalue weighted by Gasteiger charge is -2.46. The molecule has 0 aliphatic carbocycles. The van der Waals surface area contributed by atoms with Gasteiger partial charge in [0.05, 0.1) is 18.1 Å². The van der Waals surface area contributed by atoms with Crippen molar-refractivity contribution in [1.29, 1.82) is 0 Å². The number of carboxylic acids is 1. The number of β-lactam (4-membered cyclic amide) rings is 1. The average Bonchev–Trinajstić information content (AvgIpc) is 3.14. The van der Waals surface area contributed by atoms with Crippen LogP contribution in [0.3, 0.4) is 0 Å². The number of aliphatic carboxylic acids is 1. The molecule has 4 N–H and O–H groups in total. The van der Waals surface area contributed by atoms with Crippen LogP contribution in [0, 0.1) is 11.8 Å². The Bertz CT molecular complexity index is 680. The normalized spacial score (nSPS) is 33.7. The number of aliphatic hydroxyl groups is 1. The van der Waals surface area contributed by atoms with Gasteiger partial charge < -0.3 is 25.7 Å². The molecule has 3 heterocycles. The van der Waals surface area contributed by atoms with Crippen LogP contribution in [0.5, 0.6) is 0 Å². The Morgan fingerprint density at radius 1 is 1.44 bits per heavy atom. The fraction of sp³-hybridized carbons (Fsp3) is 0.722. The highest BCUT2D eigenvalue weighted by molar-refractivity contribution is 8.03. The zero-order valence-electron chi connectivity index (χ0n) is 15.8. The van der Waals surface area contributed by atoms with E-state index in [2.05, 4.69) is 10.6 Å². The Labute approximate surface area is 162 Å². The minimum absolute atomic E-state index is 0.0141. The maximum atomic E-state index is 12.4. The van der Waals surface area contributed by atoms with E-state index in [0.717, 1.165) is 24.3 Å². The molecule has 3 aliphatic rings. The zero-order valence-corrected chi connectivity index (χ0v) is 16.6. The van der Waals surface area contributed by atoms with E-state index in [4.69, 9.17) is 0 Å². The largest absolute Gasteiger partial charge is 0.477 e. The second-order valence-electron chi connectivity index (χ2n) is 7.56. The van der Waals surface area contributed by atoms with Crippen molar-refractivity contribution < 1.29 is 24.6 Å². The number of aliphatic hydroxyl groups excluding tert-OH is 1. The van der Waals surface area contributed by atoms with Crippen molar-refractivity contribution in [1.82, 2.24) is 15.5 Å². The number of carbonyl (C=O) groups excluding carboxylic acids is 2. The van der Waals surface area contributed by atoms with Crippen LogP contribution in [-0.2, 0) is 14.4 Å². The van der Waals surface area contributed by atoms with Crippen molar-refractivity contribution >= 4 is 29.5 Å². The monoisotopic (exact) mass is 397 g/mol. The summed E-state index contributed by atoms with van der Waals surface area (Å²) >= 11 is 1.53. The number of fused-ring (bicyclic) bond motifs is 1. The minimum atomic E-state index is -1.09. The Morgan fingerprint density at radius 3 is 2.74 bits per heavy atom. The summed E-state index contributed by atoms with van der Waals surface area (Å²) in [4.78, 5) is 37.7. The van der Waals surface area contributed by atoms with Crippen LogP contribution in [0.4, 0.5) is 0 Å². The van der Waals surface area contributed by atoms with Crippen molar-refractivity contribution in [3.63, 3.8) is 0 Å². The molecule has 9 heteroatoms. The second kappa shape index (κ2) is 7.81. The van der Waals surface area contributed by atoms with Gasteiger partial charge in [-0.3, -0.25) is 9.59 Å². The molecule has 0 bridgehead atoms. The average molecular weight is 397 g/mol. The molecule has 2 fully saturated rings. The van der Waals surface area contributed by atoms with Crippen molar-refractivity contribution in [3.8, 4) is 0 Å². The Hall–Kier alpha value is -1.58. The van der Waals surface area contributed by atoms with Crippen molar-refractivity contribution in [2.75, 3.05) is 13.6 Å². The number of rotatable bonds is 7. The number of nitrogens with one attached hydrogen (secondary N) is 2. The quantitative estimate of drug-likeness (QED) is 0.451. The molecule has 0 radical (unpaired) electrons. The van der Waals surface area contributed by atoms with E-state index in [-0.39, 0.29) is 40.8 Å². The zero-order chi connectivity index (χ0) is 19.9. The molecule has 8 nitrogen and oxygen atoms in total. The third kappa shape index (κ3) is 3.60. The molecule has 0 aromatic heterocycles. The topological polar surface area (TPSA) is 119 Å². The molecular weight excluding hydrogens is 370 g/mol. The van der Waals surface area contributed by atoms with E-state index in [1.54, 1.807) is 14.0 Å². The molecule has 2 amide bonds. The minimum Gasteiger partial charge on any atom is -0.477 e. The number of carbonyl (C=O) groups is 3. The van der Waals surface area contributed by atoms with E-state index in [9.17, 15) is 24.6 Å². The molecule has 3 aliphatic heterocycles. The first kappa shape index (κ1) is 20.2. The lowest BCUT2D eigenvalue weighted by atomic mass is 9.79. The number of amides is 2. The highest BCUT2D eigenvalue weighted by atomic mass is 32.2. The summed E-state index contributed by atoms with van der Waals surface area (Å²) in [5.74, 6) is -2.02. The predicted molar refractivity (Wildman–Crippen MR) is 101 cm³/mol. The van der Waals surface area contributed by atoms with Gasteiger partial charge in [-0.15, -0.1) is 11.8 Å². The molecule has 0 aromatic rings. The van der Waals surface area contributed by atoms with E-state index in [1.165, 1.54) is 16.7 Å². The van der Waals surface area contributed by atoms with Crippen LogP contribution >= 0.6 is 11.8 Å². The molecule has 0 saturated carbocycles.